The second-order valence-electron chi connectivity index (χ2n) is 3.91. The van der Waals surface area contributed by atoms with Crippen LogP contribution in [0.2, 0.25) is 0 Å². The van der Waals surface area contributed by atoms with Gasteiger partial charge in [-0.3, -0.25) is 0 Å². The van der Waals surface area contributed by atoms with Crippen molar-refractivity contribution in [1.29, 1.82) is 0 Å². The average Bonchev–Trinajstić information content (AvgIpc) is 2.87. The molecular formula is C14H17NO2S. The average molecular weight is 263 g/mol. The van der Waals surface area contributed by atoms with Gasteiger partial charge in [0.15, 0.2) is 0 Å². The summed E-state index contributed by atoms with van der Waals surface area (Å²) < 4.78 is 10.8. The number of rotatable bonds is 6. The summed E-state index contributed by atoms with van der Waals surface area (Å²) in [6.45, 7) is 1.85. The normalized spacial score (nSPS) is 10.6. The van der Waals surface area contributed by atoms with Gasteiger partial charge >= 0.3 is 0 Å². The number of ether oxygens (including phenoxy) is 2. The summed E-state index contributed by atoms with van der Waals surface area (Å²) in [5, 5.41) is 0. The number of thiophene rings is 1. The third-order valence-electron chi connectivity index (χ3n) is 2.59. The summed E-state index contributed by atoms with van der Waals surface area (Å²) in [7, 11) is 1.66. The smallest absolute Gasteiger partial charge is 0.118 e. The molecule has 0 aliphatic heterocycles. The lowest BCUT2D eigenvalue weighted by atomic mass is 10.2. The predicted molar refractivity (Wildman–Crippen MR) is 73.7 cm³/mol. The summed E-state index contributed by atoms with van der Waals surface area (Å²) in [4.78, 5) is 2.40. The van der Waals surface area contributed by atoms with E-state index >= 15 is 0 Å². The lowest BCUT2D eigenvalue weighted by molar-refractivity contribution is 0.109. The Morgan fingerprint density at radius 3 is 2.33 bits per heavy atom. The SMILES string of the molecule is COc1ccc(COCc2ccc(CN)s2)cc1. The van der Waals surface area contributed by atoms with E-state index in [0.717, 1.165) is 11.3 Å². The Hall–Kier alpha value is -1.36. The molecule has 0 fully saturated rings. The molecule has 0 unspecified atom stereocenters. The van der Waals surface area contributed by atoms with Crippen LogP contribution in [-0.2, 0) is 24.5 Å². The lowest BCUT2D eigenvalue weighted by Crippen LogP contribution is -1.93. The molecule has 1 heterocycles. The molecule has 1 aromatic carbocycles. The van der Waals surface area contributed by atoms with E-state index < -0.39 is 0 Å². The van der Waals surface area contributed by atoms with Crippen molar-refractivity contribution in [1.82, 2.24) is 0 Å². The maximum atomic E-state index is 5.67. The van der Waals surface area contributed by atoms with E-state index in [2.05, 4.69) is 12.1 Å². The van der Waals surface area contributed by atoms with E-state index in [1.807, 2.05) is 24.3 Å². The molecule has 0 bridgehead atoms. The monoisotopic (exact) mass is 263 g/mol. The second-order valence-corrected chi connectivity index (χ2v) is 5.17. The van der Waals surface area contributed by atoms with Crippen molar-refractivity contribution in [2.45, 2.75) is 19.8 Å². The molecule has 2 N–H and O–H groups in total. The number of methoxy groups -OCH3 is 1. The molecule has 0 aliphatic rings. The van der Waals surface area contributed by atoms with Gasteiger partial charge in [0.1, 0.15) is 5.75 Å². The van der Waals surface area contributed by atoms with Crippen molar-refractivity contribution in [2.75, 3.05) is 7.11 Å². The van der Waals surface area contributed by atoms with Crippen LogP contribution in [0.25, 0.3) is 0 Å². The van der Waals surface area contributed by atoms with Crippen LogP contribution in [0.3, 0.4) is 0 Å². The molecule has 18 heavy (non-hydrogen) atoms. The van der Waals surface area contributed by atoms with Crippen LogP contribution in [0, 0.1) is 0 Å². The first-order valence-corrected chi connectivity index (χ1v) is 6.62. The van der Waals surface area contributed by atoms with E-state index in [0.29, 0.717) is 19.8 Å². The quantitative estimate of drug-likeness (QED) is 0.871. The summed E-state index contributed by atoms with van der Waals surface area (Å²) in [5.41, 5.74) is 6.71. The maximum Gasteiger partial charge on any atom is 0.118 e. The molecule has 0 spiro atoms. The van der Waals surface area contributed by atoms with E-state index in [1.54, 1.807) is 18.4 Å². The van der Waals surface area contributed by atoms with Gasteiger partial charge in [0.25, 0.3) is 0 Å². The summed E-state index contributed by atoms with van der Waals surface area (Å²) in [5.74, 6) is 0.865. The fourth-order valence-electron chi connectivity index (χ4n) is 1.60. The Bertz CT molecular complexity index is 479. The van der Waals surface area contributed by atoms with Crippen LogP contribution in [0.5, 0.6) is 5.75 Å². The highest BCUT2D eigenvalue weighted by atomic mass is 32.1. The van der Waals surface area contributed by atoms with Gasteiger partial charge in [-0.1, -0.05) is 12.1 Å². The molecule has 1 aromatic heterocycles. The Balaban J connectivity index is 1.80. The Morgan fingerprint density at radius 1 is 1.00 bits per heavy atom. The molecule has 0 amide bonds. The highest BCUT2D eigenvalue weighted by molar-refractivity contribution is 7.11. The molecule has 0 saturated carbocycles. The molecule has 0 saturated heterocycles. The highest BCUT2D eigenvalue weighted by Crippen LogP contribution is 2.18. The summed E-state index contributed by atoms with van der Waals surface area (Å²) in [6, 6.07) is 12.0. The first-order valence-electron chi connectivity index (χ1n) is 5.80. The standard InChI is InChI=1S/C14H17NO2S/c1-16-12-4-2-11(3-5-12)9-17-10-14-7-6-13(8-15)18-14/h2-7H,8-10,15H2,1H3. The van der Waals surface area contributed by atoms with Crippen LogP contribution < -0.4 is 10.5 Å². The van der Waals surface area contributed by atoms with Crippen LogP contribution in [0.1, 0.15) is 15.3 Å². The third kappa shape index (κ3) is 3.57. The number of hydrogen-bond donors (Lipinski definition) is 1. The van der Waals surface area contributed by atoms with Gasteiger partial charge in [0.2, 0.25) is 0 Å². The number of nitrogens with two attached hydrogens (primary N) is 1. The van der Waals surface area contributed by atoms with E-state index in [-0.39, 0.29) is 0 Å². The number of hydrogen-bond acceptors (Lipinski definition) is 4. The van der Waals surface area contributed by atoms with Crippen LogP contribution in [0.15, 0.2) is 36.4 Å². The zero-order chi connectivity index (χ0) is 12.8. The molecule has 0 aliphatic carbocycles. The van der Waals surface area contributed by atoms with Crippen molar-refractivity contribution in [3.05, 3.63) is 51.7 Å². The molecular weight excluding hydrogens is 246 g/mol. The maximum absolute atomic E-state index is 5.67. The molecule has 3 nitrogen and oxygen atoms in total. The molecule has 4 heteroatoms. The minimum absolute atomic E-state index is 0.600. The first kappa shape index (κ1) is 13.1. The van der Waals surface area contributed by atoms with E-state index in [1.165, 1.54) is 9.75 Å². The van der Waals surface area contributed by atoms with Crippen LogP contribution in [0.4, 0.5) is 0 Å². The van der Waals surface area contributed by atoms with E-state index in [9.17, 15) is 0 Å². The largest absolute Gasteiger partial charge is 0.497 e. The number of benzene rings is 1. The Labute approximate surface area is 111 Å². The van der Waals surface area contributed by atoms with Crippen molar-refractivity contribution >= 4 is 11.3 Å². The van der Waals surface area contributed by atoms with Gasteiger partial charge in [-0.2, -0.15) is 0 Å². The fourth-order valence-corrected chi connectivity index (χ4v) is 2.44. The van der Waals surface area contributed by atoms with Gasteiger partial charge in [0, 0.05) is 16.3 Å². The zero-order valence-electron chi connectivity index (χ0n) is 10.4. The molecule has 0 atom stereocenters. The summed E-state index contributed by atoms with van der Waals surface area (Å²) >= 11 is 1.70. The van der Waals surface area contributed by atoms with Gasteiger partial charge in [0.05, 0.1) is 20.3 Å². The van der Waals surface area contributed by atoms with Gasteiger partial charge < -0.3 is 15.2 Å². The van der Waals surface area contributed by atoms with Gasteiger partial charge in [-0.25, -0.2) is 0 Å². The molecule has 2 aromatic rings. The fraction of sp³-hybridized carbons (Fsp3) is 0.286. The van der Waals surface area contributed by atoms with Crippen molar-refractivity contribution in [3.63, 3.8) is 0 Å². The van der Waals surface area contributed by atoms with Gasteiger partial charge in [-0.15, -0.1) is 11.3 Å². The molecule has 2 rings (SSSR count). The Morgan fingerprint density at radius 2 is 1.72 bits per heavy atom. The van der Waals surface area contributed by atoms with Crippen molar-refractivity contribution < 1.29 is 9.47 Å². The molecule has 96 valence electrons. The first-order chi connectivity index (χ1) is 8.81. The zero-order valence-corrected chi connectivity index (χ0v) is 11.2. The predicted octanol–water partition coefficient (Wildman–Crippen LogP) is 2.93. The third-order valence-corrected chi connectivity index (χ3v) is 3.67. The second kappa shape index (κ2) is 6.54. The lowest BCUT2D eigenvalue weighted by Gasteiger charge is -2.04. The topological polar surface area (TPSA) is 44.5 Å². The minimum atomic E-state index is 0.600. The summed E-state index contributed by atoms with van der Waals surface area (Å²) in [6.07, 6.45) is 0. The molecule has 0 radical (unpaired) electrons. The van der Waals surface area contributed by atoms with Crippen molar-refractivity contribution in [2.24, 2.45) is 5.73 Å². The van der Waals surface area contributed by atoms with Crippen LogP contribution in [-0.4, -0.2) is 7.11 Å². The Kier molecular flexibility index (Phi) is 4.75. The van der Waals surface area contributed by atoms with Crippen LogP contribution >= 0.6 is 11.3 Å². The van der Waals surface area contributed by atoms with E-state index in [4.69, 9.17) is 15.2 Å². The minimum Gasteiger partial charge on any atom is -0.497 e. The highest BCUT2D eigenvalue weighted by Gasteiger charge is 2.00. The van der Waals surface area contributed by atoms with Crippen molar-refractivity contribution in [3.8, 4) is 5.75 Å². The van der Waals surface area contributed by atoms with Gasteiger partial charge in [-0.05, 0) is 29.8 Å².